The van der Waals surface area contributed by atoms with Gasteiger partial charge >= 0.3 is 0 Å². The predicted octanol–water partition coefficient (Wildman–Crippen LogP) is 3.54. The molecule has 0 bridgehead atoms. The summed E-state index contributed by atoms with van der Waals surface area (Å²) in [5.74, 6) is 1.40. The van der Waals surface area contributed by atoms with E-state index in [0.717, 1.165) is 18.4 Å². The van der Waals surface area contributed by atoms with E-state index in [2.05, 4.69) is 6.92 Å². The van der Waals surface area contributed by atoms with E-state index in [0.29, 0.717) is 16.5 Å². The van der Waals surface area contributed by atoms with Gasteiger partial charge in [-0.2, -0.15) is 0 Å². The molecule has 1 aromatic carbocycles. The highest BCUT2D eigenvalue weighted by Crippen LogP contribution is 2.42. The van der Waals surface area contributed by atoms with Gasteiger partial charge in [-0.25, -0.2) is 0 Å². The molecule has 0 aromatic heterocycles. The lowest BCUT2D eigenvalue weighted by Crippen LogP contribution is -2.08. The van der Waals surface area contributed by atoms with E-state index >= 15 is 0 Å². The third-order valence-corrected chi connectivity index (χ3v) is 3.35. The van der Waals surface area contributed by atoms with Gasteiger partial charge in [-0.1, -0.05) is 31.9 Å². The van der Waals surface area contributed by atoms with Gasteiger partial charge in [0, 0.05) is 0 Å². The Morgan fingerprint density at radius 3 is 2.88 bits per heavy atom. The summed E-state index contributed by atoms with van der Waals surface area (Å²) in [4.78, 5) is 0. The first-order chi connectivity index (χ1) is 8.13. The van der Waals surface area contributed by atoms with Crippen LogP contribution in [0.25, 0.3) is 0 Å². The zero-order valence-corrected chi connectivity index (χ0v) is 10.8. The second-order valence-electron chi connectivity index (χ2n) is 4.45. The molecule has 94 valence electrons. The maximum Gasteiger partial charge on any atom is 0.231 e. The molecule has 0 aliphatic carbocycles. The molecule has 4 heteroatoms. The summed E-state index contributed by atoms with van der Waals surface area (Å²) in [5, 5.41) is 10.7. The van der Waals surface area contributed by atoms with E-state index in [9.17, 15) is 5.11 Å². The Labute approximate surface area is 106 Å². The number of rotatable bonds is 4. The van der Waals surface area contributed by atoms with Gasteiger partial charge in [0.1, 0.15) is 0 Å². The zero-order chi connectivity index (χ0) is 12.4. The van der Waals surface area contributed by atoms with Crippen LogP contribution in [0.5, 0.6) is 11.5 Å². The Kier molecular flexibility index (Phi) is 3.79. The molecule has 0 fully saturated rings. The van der Waals surface area contributed by atoms with Gasteiger partial charge in [0.15, 0.2) is 11.5 Å². The van der Waals surface area contributed by atoms with Crippen molar-refractivity contribution in [3.05, 3.63) is 22.7 Å². The number of hydrogen-bond acceptors (Lipinski definition) is 3. The highest BCUT2D eigenvalue weighted by atomic mass is 35.5. The fourth-order valence-corrected chi connectivity index (χ4v) is 2.37. The first kappa shape index (κ1) is 12.5. The molecule has 0 saturated carbocycles. The van der Waals surface area contributed by atoms with Crippen LogP contribution >= 0.6 is 11.6 Å². The van der Waals surface area contributed by atoms with E-state index in [-0.39, 0.29) is 12.7 Å². The van der Waals surface area contributed by atoms with Gasteiger partial charge in [-0.3, -0.25) is 0 Å². The Hall–Kier alpha value is -0.930. The molecule has 2 unspecified atom stereocenters. The summed E-state index contributed by atoms with van der Waals surface area (Å²) >= 11 is 6.08. The molecule has 2 atom stereocenters. The molecule has 1 heterocycles. The second kappa shape index (κ2) is 5.15. The van der Waals surface area contributed by atoms with E-state index < -0.39 is 6.10 Å². The van der Waals surface area contributed by atoms with Crippen molar-refractivity contribution in [2.24, 2.45) is 5.92 Å². The Morgan fingerprint density at radius 2 is 2.18 bits per heavy atom. The fourth-order valence-electron chi connectivity index (χ4n) is 2.10. The van der Waals surface area contributed by atoms with Gasteiger partial charge in [0.25, 0.3) is 0 Å². The van der Waals surface area contributed by atoms with Crippen molar-refractivity contribution in [3.63, 3.8) is 0 Å². The van der Waals surface area contributed by atoms with Gasteiger partial charge in [-0.15, -0.1) is 0 Å². The van der Waals surface area contributed by atoms with Gasteiger partial charge < -0.3 is 14.6 Å². The van der Waals surface area contributed by atoms with Crippen LogP contribution in [0.1, 0.15) is 38.4 Å². The van der Waals surface area contributed by atoms with Crippen molar-refractivity contribution >= 4 is 11.6 Å². The summed E-state index contributed by atoms with van der Waals surface area (Å²) in [7, 11) is 0. The highest BCUT2D eigenvalue weighted by Gasteiger charge is 2.23. The Bertz CT molecular complexity index is 406. The number of hydrogen-bond donors (Lipinski definition) is 1. The second-order valence-corrected chi connectivity index (χ2v) is 4.85. The molecule has 1 aromatic rings. The standard InChI is InChI=1S/C13H17ClO3/c1-3-4-8(2)12(15)9-5-10(14)13-11(6-9)16-7-17-13/h5-6,8,12,15H,3-4,7H2,1-2H3. The third kappa shape index (κ3) is 2.50. The van der Waals surface area contributed by atoms with Crippen LogP contribution in [0.3, 0.4) is 0 Å². The maximum atomic E-state index is 10.2. The summed E-state index contributed by atoms with van der Waals surface area (Å²) in [5.41, 5.74) is 0.792. The van der Waals surface area contributed by atoms with Crippen LogP contribution in [0.15, 0.2) is 12.1 Å². The summed E-state index contributed by atoms with van der Waals surface area (Å²) < 4.78 is 10.5. The number of fused-ring (bicyclic) bond motifs is 1. The molecule has 0 saturated heterocycles. The first-order valence-electron chi connectivity index (χ1n) is 5.90. The van der Waals surface area contributed by atoms with Crippen LogP contribution in [-0.2, 0) is 0 Å². The number of aliphatic hydroxyl groups is 1. The van der Waals surface area contributed by atoms with E-state index in [1.807, 2.05) is 13.0 Å². The van der Waals surface area contributed by atoms with Gasteiger partial charge in [0.05, 0.1) is 11.1 Å². The lowest BCUT2D eigenvalue weighted by atomic mass is 9.93. The lowest BCUT2D eigenvalue weighted by Gasteiger charge is -2.19. The minimum atomic E-state index is -0.512. The zero-order valence-electron chi connectivity index (χ0n) is 10.1. The smallest absolute Gasteiger partial charge is 0.231 e. The minimum Gasteiger partial charge on any atom is -0.454 e. The summed E-state index contributed by atoms with van der Waals surface area (Å²) in [6.07, 6.45) is 1.52. The summed E-state index contributed by atoms with van der Waals surface area (Å²) in [6, 6.07) is 3.57. The molecule has 0 spiro atoms. The van der Waals surface area contributed by atoms with Crippen molar-refractivity contribution in [3.8, 4) is 11.5 Å². The molecule has 1 N–H and O–H groups in total. The molecular weight excluding hydrogens is 240 g/mol. The average Bonchev–Trinajstić information content (AvgIpc) is 2.77. The van der Waals surface area contributed by atoms with Crippen molar-refractivity contribution in [1.29, 1.82) is 0 Å². The van der Waals surface area contributed by atoms with Crippen LogP contribution in [0, 0.1) is 5.92 Å². The fraction of sp³-hybridized carbons (Fsp3) is 0.538. The van der Waals surface area contributed by atoms with Crippen LogP contribution in [0.2, 0.25) is 5.02 Å². The van der Waals surface area contributed by atoms with Crippen LogP contribution < -0.4 is 9.47 Å². The summed E-state index contributed by atoms with van der Waals surface area (Å²) in [6.45, 7) is 4.33. The van der Waals surface area contributed by atoms with E-state index in [1.165, 1.54) is 0 Å². The number of aliphatic hydroxyl groups excluding tert-OH is 1. The van der Waals surface area contributed by atoms with Crippen molar-refractivity contribution < 1.29 is 14.6 Å². The number of benzene rings is 1. The SMILES string of the molecule is CCCC(C)C(O)c1cc(Cl)c2c(c1)OCO2. The molecule has 3 nitrogen and oxygen atoms in total. The normalized spacial score (nSPS) is 16.9. The molecule has 0 amide bonds. The van der Waals surface area contributed by atoms with Crippen molar-refractivity contribution in [2.75, 3.05) is 6.79 Å². The van der Waals surface area contributed by atoms with Crippen LogP contribution in [-0.4, -0.2) is 11.9 Å². The minimum absolute atomic E-state index is 0.194. The first-order valence-corrected chi connectivity index (χ1v) is 6.28. The van der Waals surface area contributed by atoms with Crippen molar-refractivity contribution in [2.45, 2.75) is 32.8 Å². The average molecular weight is 257 g/mol. The van der Waals surface area contributed by atoms with Gasteiger partial charge in [0.2, 0.25) is 6.79 Å². The third-order valence-electron chi connectivity index (χ3n) is 3.07. The monoisotopic (exact) mass is 256 g/mol. The topological polar surface area (TPSA) is 38.7 Å². The Morgan fingerprint density at radius 1 is 1.41 bits per heavy atom. The van der Waals surface area contributed by atoms with E-state index in [4.69, 9.17) is 21.1 Å². The van der Waals surface area contributed by atoms with Crippen LogP contribution in [0.4, 0.5) is 0 Å². The number of halogens is 1. The molecule has 0 radical (unpaired) electrons. The molecule has 17 heavy (non-hydrogen) atoms. The highest BCUT2D eigenvalue weighted by molar-refractivity contribution is 6.32. The molecule has 1 aliphatic rings. The molecule has 1 aliphatic heterocycles. The predicted molar refractivity (Wildman–Crippen MR) is 66.6 cm³/mol. The number of ether oxygens (including phenoxy) is 2. The van der Waals surface area contributed by atoms with E-state index in [1.54, 1.807) is 6.07 Å². The molecular formula is C13H17ClO3. The van der Waals surface area contributed by atoms with Crippen molar-refractivity contribution in [1.82, 2.24) is 0 Å². The molecule has 2 rings (SSSR count). The lowest BCUT2D eigenvalue weighted by molar-refractivity contribution is 0.112. The maximum absolute atomic E-state index is 10.2. The van der Waals surface area contributed by atoms with Gasteiger partial charge in [-0.05, 0) is 30.0 Å². The largest absolute Gasteiger partial charge is 0.454 e. The quantitative estimate of drug-likeness (QED) is 0.896. The Balaban J connectivity index is 2.24.